The number of carbonyl (C=O) groups is 2. The minimum atomic E-state index is -0.394. The summed E-state index contributed by atoms with van der Waals surface area (Å²) in [7, 11) is 0. The number of aryl methyl sites for hydroxylation is 1. The van der Waals surface area contributed by atoms with Crippen LogP contribution in [0.4, 0.5) is 5.13 Å². The number of thiazole rings is 1. The summed E-state index contributed by atoms with van der Waals surface area (Å²) >= 11 is 4.83. The summed E-state index contributed by atoms with van der Waals surface area (Å²) < 4.78 is 6.48. The highest BCUT2D eigenvalue weighted by Crippen LogP contribution is 2.31. The third kappa shape index (κ3) is 5.40. The largest absolute Gasteiger partial charge is 0.484 e. The minimum absolute atomic E-state index is 0.137. The first-order valence-electron chi connectivity index (χ1n) is 8.44. The lowest BCUT2D eigenvalue weighted by Crippen LogP contribution is -2.20. The number of ether oxygens (including phenoxy) is 1. The van der Waals surface area contributed by atoms with Crippen molar-refractivity contribution in [2.24, 2.45) is 5.73 Å². The van der Waals surface area contributed by atoms with E-state index in [0.29, 0.717) is 10.9 Å². The van der Waals surface area contributed by atoms with Crippen molar-refractivity contribution in [2.45, 2.75) is 13.3 Å². The predicted molar refractivity (Wildman–Crippen MR) is 113 cm³/mol. The fraction of sp³-hybridized carbons (Fsp3) is 0.150. The number of nitrogens with zero attached hydrogens (tertiary/aromatic N) is 1. The Morgan fingerprint density at radius 3 is 2.46 bits per heavy atom. The average molecular weight is 460 g/mol. The van der Waals surface area contributed by atoms with Gasteiger partial charge in [0.15, 0.2) is 11.7 Å². The fourth-order valence-electron chi connectivity index (χ4n) is 2.53. The zero-order valence-electron chi connectivity index (χ0n) is 15.1. The second-order valence-electron chi connectivity index (χ2n) is 6.05. The van der Waals surface area contributed by atoms with E-state index in [4.69, 9.17) is 10.5 Å². The van der Waals surface area contributed by atoms with Crippen molar-refractivity contribution in [2.75, 3.05) is 11.9 Å². The minimum Gasteiger partial charge on any atom is -0.484 e. The van der Waals surface area contributed by atoms with Crippen LogP contribution in [0.1, 0.15) is 10.4 Å². The Labute approximate surface area is 174 Å². The summed E-state index contributed by atoms with van der Waals surface area (Å²) in [5.74, 6) is -0.152. The Morgan fingerprint density at radius 2 is 1.82 bits per heavy atom. The van der Waals surface area contributed by atoms with Crippen LogP contribution in [0.15, 0.2) is 53.0 Å². The molecule has 0 spiro atoms. The molecule has 1 heterocycles. The van der Waals surface area contributed by atoms with E-state index in [1.54, 1.807) is 24.3 Å². The van der Waals surface area contributed by atoms with E-state index in [1.807, 2.05) is 31.2 Å². The number of carbonyl (C=O) groups excluding carboxylic acids is 2. The molecule has 2 amide bonds. The molecule has 2 aromatic carbocycles. The van der Waals surface area contributed by atoms with Crippen molar-refractivity contribution in [1.82, 2.24) is 4.98 Å². The van der Waals surface area contributed by atoms with Crippen LogP contribution in [0.25, 0.3) is 11.3 Å². The van der Waals surface area contributed by atoms with Gasteiger partial charge in [0.1, 0.15) is 5.75 Å². The van der Waals surface area contributed by atoms with Gasteiger partial charge >= 0.3 is 0 Å². The molecule has 0 saturated carbocycles. The van der Waals surface area contributed by atoms with E-state index in [9.17, 15) is 9.59 Å². The fourth-order valence-corrected chi connectivity index (χ4v) is 3.65. The maximum absolute atomic E-state index is 12.2. The standard InChI is InChI=1S/C20H18BrN3O3S/c1-12-19(14-4-6-15(21)7-5-14)24-20(28-12)23-18(26)11-27-16-8-2-13(3-9-16)10-17(22)25/h2-9H,10-11H2,1H3,(H2,22,25)(H,23,24,26). The highest BCUT2D eigenvalue weighted by molar-refractivity contribution is 9.10. The SMILES string of the molecule is Cc1sc(NC(=O)COc2ccc(CC(N)=O)cc2)nc1-c1ccc(Br)cc1. The highest BCUT2D eigenvalue weighted by atomic mass is 79.9. The Balaban J connectivity index is 1.57. The maximum Gasteiger partial charge on any atom is 0.264 e. The molecule has 0 unspecified atom stereocenters. The zero-order valence-corrected chi connectivity index (χ0v) is 17.5. The van der Waals surface area contributed by atoms with Crippen molar-refractivity contribution in [1.29, 1.82) is 0 Å². The third-order valence-electron chi connectivity index (χ3n) is 3.83. The van der Waals surface area contributed by atoms with Gasteiger partial charge in [-0.25, -0.2) is 4.98 Å². The van der Waals surface area contributed by atoms with Crippen LogP contribution < -0.4 is 15.8 Å². The summed E-state index contributed by atoms with van der Waals surface area (Å²) in [5.41, 5.74) is 7.79. The summed E-state index contributed by atoms with van der Waals surface area (Å²) in [6.07, 6.45) is 0.171. The van der Waals surface area contributed by atoms with E-state index in [0.717, 1.165) is 26.2 Å². The number of benzene rings is 2. The lowest BCUT2D eigenvalue weighted by atomic mass is 10.1. The summed E-state index contributed by atoms with van der Waals surface area (Å²) in [6, 6.07) is 14.7. The molecule has 0 bridgehead atoms. The van der Waals surface area contributed by atoms with Crippen molar-refractivity contribution in [3.05, 3.63) is 63.4 Å². The highest BCUT2D eigenvalue weighted by Gasteiger charge is 2.12. The van der Waals surface area contributed by atoms with Crippen molar-refractivity contribution < 1.29 is 14.3 Å². The monoisotopic (exact) mass is 459 g/mol. The van der Waals surface area contributed by atoms with Gasteiger partial charge in [-0.05, 0) is 36.8 Å². The van der Waals surface area contributed by atoms with Gasteiger partial charge in [-0.2, -0.15) is 0 Å². The Bertz CT molecular complexity index is 985. The first kappa shape index (κ1) is 20.0. The van der Waals surface area contributed by atoms with Crippen LogP contribution in [-0.4, -0.2) is 23.4 Å². The number of hydrogen-bond donors (Lipinski definition) is 2. The van der Waals surface area contributed by atoms with Crippen LogP contribution in [0.3, 0.4) is 0 Å². The molecule has 3 aromatic rings. The average Bonchev–Trinajstić information content (AvgIpc) is 3.01. The molecule has 144 valence electrons. The molecular weight excluding hydrogens is 442 g/mol. The van der Waals surface area contributed by atoms with Crippen molar-refractivity contribution >= 4 is 44.2 Å². The number of amides is 2. The Morgan fingerprint density at radius 1 is 1.14 bits per heavy atom. The Hall–Kier alpha value is -2.71. The molecule has 0 aliphatic heterocycles. The third-order valence-corrected chi connectivity index (χ3v) is 5.25. The van der Waals surface area contributed by atoms with Gasteiger partial charge in [-0.1, -0.05) is 40.2 Å². The van der Waals surface area contributed by atoms with Crippen LogP contribution in [-0.2, 0) is 16.0 Å². The molecule has 0 saturated heterocycles. The van der Waals surface area contributed by atoms with Crippen molar-refractivity contribution in [3.63, 3.8) is 0 Å². The molecule has 3 N–H and O–H groups in total. The second-order valence-corrected chi connectivity index (χ2v) is 8.17. The van der Waals surface area contributed by atoms with Gasteiger partial charge in [0, 0.05) is 14.9 Å². The number of hydrogen-bond acceptors (Lipinski definition) is 5. The second kappa shape index (κ2) is 8.99. The molecule has 8 heteroatoms. The summed E-state index contributed by atoms with van der Waals surface area (Å²) in [4.78, 5) is 28.6. The molecule has 1 aromatic heterocycles. The van der Waals surface area contributed by atoms with Gasteiger partial charge < -0.3 is 10.5 Å². The van der Waals surface area contributed by atoms with Gasteiger partial charge in [0.2, 0.25) is 5.91 Å². The van der Waals surface area contributed by atoms with E-state index in [-0.39, 0.29) is 18.9 Å². The van der Waals surface area contributed by atoms with Crippen LogP contribution in [0.2, 0.25) is 0 Å². The summed E-state index contributed by atoms with van der Waals surface area (Å²) in [6.45, 7) is 1.83. The molecule has 0 aliphatic rings. The quantitative estimate of drug-likeness (QED) is 0.559. The lowest BCUT2D eigenvalue weighted by molar-refractivity contribution is -0.118. The van der Waals surface area contributed by atoms with Gasteiger partial charge in [0.05, 0.1) is 12.1 Å². The van der Waals surface area contributed by atoms with Crippen LogP contribution >= 0.6 is 27.3 Å². The van der Waals surface area contributed by atoms with E-state index >= 15 is 0 Å². The predicted octanol–water partition coefficient (Wildman–Crippen LogP) is 3.93. The lowest BCUT2D eigenvalue weighted by Gasteiger charge is -2.06. The number of nitrogens with two attached hydrogens (primary N) is 1. The number of anilines is 1. The van der Waals surface area contributed by atoms with Crippen LogP contribution in [0.5, 0.6) is 5.75 Å². The molecule has 6 nitrogen and oxygen atoms in total. The first-order valence-corrected chi connectivity index (χ1v) is 10.0. The molecule has 0 fully saturated rings. The van der Waals surface area contributed by atoms with E-state index < -0.39 is 5.91 Å². The van der Waals surface area contributed by atoms with Gasteiger partial charge in [-0.15, -0.1) is 11.3 Å². The summed E-state index contributed by atoms with van der Waals surface area (Å²) in [5, 5.41) is 3.29. The van der Waals surface area contributed by atoms with Gasteiger partial charge in [-0.3, -0.25) is 14.9 Å². The molecule has 0 radical (unpaired) electrons. The van der Waals surface area contributed by atoms with E-state index in [2.05, 4.69) is 26.2 Å². The van der Waals surface area contributed by atoms with Gasteiger partial charge in [0.25, 0.3) is 5.91 Å². The number of halogens is 1. The molecule has 0 aliphatic carbocycles. The number of rotatable bonds is 7. The normalized spacial score (nSPS) is 10.5. The van der Waals surface area contributed by atoms with Crippen molar-refractivity contribution in [3.8, 4) is 17.0 Å². The Kier molecular flexibility index (Phi) is 6.43. The first-order chi connectivity index (χ1) is 13.4. The topological polar surface area (TPSA) is 94.3 Å². The molecule has 3 rings (SSSR count). The number of primary amides is 1. The zero-order chi connectivity index (χ0) is 20.1. The maximum atomic E-state index is 12.2. The molecular formula is C20H18BrN3O3S. The number of aromatic nitrogens is 1. The molecule has 28 heavy (non-hydrogen) atoms. The molecule has 0 atom stereocenters. The van der Waals surface area contributed by atoms with E-state index in [1.165, 1.54) is 11.3 Å². The number of nitrogens with one attached hydrogen (secondary N) is 1. The smallest absolute Gasteiger partial charge is 0.264 e. The van der Waals surface area contributed by atoms with Crippen LogP contribution in [0, 0.1) is 6.92 Å².